The van der Waals surface area contributed by atoms with E-state index in [-0.39, 0.29) is 4.32 Å². The van der Waals surface area contributed by atoms with E-state index in [1.165, 1.54) is 5.57 Å². The van der Waals surface area contributed by atoms with Crippen LogP contribution in [0.3, 0.4) is 0 Å². The zero-order valence-electron chi connectivity index (χ0n) is 9.54. The van der Waals surface area contributed by atoms with Gasteiger partial charge in [0.15, 0.2) is 0 Å². The second kappa shape index (κ2) is 4.01. The van der Waals surface area contributed by atoms with Crippen molar-refractivity contribution in [1.29, 1.82) is 5.26 Å². The molecule has 0 aromatic rings. The Bertz CT molecular complexity index is 389. The van der Waals surface area contributed by atoms with Gasteiger partial charge in [0.2, 0.25) is 0 Å². The fraction of sp³-hybridized carbons (Fsp3) is 0.615. The zero-order valence-corrected chi connectivity index (χ0v) is 11.1. The van der Waals surface area contributed by atoms with Crippen molar-refractivity contribution in [2.75, 3.05) is 0 Å². The maximum atomic E-state index is 9.00. The molecule has 2 nitrogen and oxygen atoms in total. The summed E-state index contributed by atoms with van der Waals surface area (Å²) in [7, 11) is 0. The van der Waals surface area contributed by atoms with E-state index in [0.717, 1.165) is 25.7 Å². The van der Waals surface area contributed by atoms with E-state index in [9.17, 15) is 0 Å². The van der Waals surface area contributed by atoms with Gasteiger partial charge in [-0.1, -0.05) is 34.2 Å². The number of alkyl halides is 1. The highest BCUT2D eigenvalue weighted by atomic mass is 79.9. The number of halogens is 1. The highest BCUT2D eigenvalue weighted by Crippen LogP contribution is 2.40. The lowest BCUT2D eigenvalue weighted by Crippen LogP contribution is -2.34. The summed E-state index contributed by atoms with van der Waals surface area (Å²) < 4.78 is 0.101. The number of nitriles is 1. The minimum absolute atomic E-state index is 0.101. The van der Waals surface area contributed by atoms with Gasteiger partial charge >= 0.3 is 0 Å². The maximum Gasteiger partial charge on any atom is 0.104 e. The molecule has 2 N–H and O–H groups in total. The number of nitrogens with zero attached hydrogens (tertiary/aromatic N) is 1. The normalized spacial score (nSPS) is 42.9. The predicted octanol–water partition coefficient (Wildman–Crippen LogP) is 3.05. The lowest BCUT2D eigenvalue weighted by Gasteiger charge is -2.23. The van der Waals surface area contributed by atoms with Gasteiger partial charge in [-0.3, -0.25) is 0 Å². The maximum absolute atomic E-state index is 9.00. The van der Waals surface area contributed by atoms with Crippen LogP contribution in [0, 0.1) is 17.2 Å². The van der Waals surface area contributed by atoms with Gasteiger partial charge in [0.05, 0.1) is 6.07 Å². The molecule has 1 saturated carbocycles. The van der Waals surface area contributed by atoms with Crippen molar-refractivity contribution in [2.24, 2.45) is 11.7 Å². The number of rotatable bonds is 1. The van der Waals surface area contributed by atoms with E-state index in [4.69, 9.17) is 11.0 Å². The monoisotopic (exact) mass is 280 g/mol. The van der Waals surface area contributed by atoms with Crippen molar-refractivity contribution in [3.63, 3.8) is 0 Å². The molecular weight excluding hydrogens is 264 g/mol. The third kappa shape index (κ3) is 2.39. The van der Waals surface area contributed by atoms with Crippen LogP contribution in [0.1, 0.15) is 32.6 Å². The molecule has 0 aliphatic heterocycles. The summed E-state index contributed by atoms with van der Waals surface area (Å²) in [4.78, 5) is 0. The second-order valence-electron chi connectivity index (χ2n) is 5.23. The Balaban J connectivity index is 2.06. The van der Waals surface area contributed by atoms with Crippen LogP contribution >= 0.6 is 15.9 Å². The molecule has 0 spiro atoms. The molecule has 0 radical (unpaired) electrons. The van der Waals surface area contributed by atoms with E-state index < -0.39 is 5.54 Å². The molecule has 2 aliphatic rings. The van der Waals surface area contributed by atoms with Gasteiger partial charge in [-0.05, 0) is 44.1 Å². The van der Waals surface area contributed by atoms with Crippen LogP contribution in [0.15, 0.2) is 23.8 Å². The number of hydrogen-bond acceptors (Lipinski definition) is 2. The van der Waals surface area contributed by atoms with Crippen LogP contribution in [0.4, 0.5) is 0 Å². The Morgan fingerprint density at radius 1 is 1.62 bits per heavy atom. The SMILES string of the molecule is CC1(Br)C=CC([C@@H]2CCC(N)(C#N)C2)=CC1. The molecule has 3 atom stereocenters. The van der Waals surface area contributed by atoms with E-state index in [0.29, 0.717) is 5.92 Å². The van der Waals surface area contributed by atoms with Crippen LogP contribution in [-0.2, 0) is 0 Å². The molecule has 1 fully saturated rings. The summed E-state index contributed by atoms with van der Waals surface area (Å²) in [6, 6.07) is 2.24. The Morgan fingerprint density at radius 3 is 2.88 bits per heavy atom. The summed E-state index contributed by atoms with van der Waals surface area (Å²) >= 11 is 3.66. The Morgan fingerprint density at radius 2 is 2.38 bits per heavy atom. The summed E-state index contributed by atoms with van der Waals surface area (Å²) in [5, 5.41) is 9.00. The highest BCUT2D eigenvalue weighted by molar-refractivity contribution is 9.10. The fourth-order valence-electron chi connectivity index (χ4n) is 2.49. The molecule has 2 aliphatic carbocycles. The molecule has 0 heterocycles. The van der Waals surface area contributed by atoms with Crippen molar-refractivity contribution in [1.82, 2.24) is 0 Å². The second-order valence-corrected chi connectivity index (χ2v) is 7.04. The van der Waals surface area contributed by atoms with Crippen molar-refractivity contribution < 1.29 is 0 Å². The molecule has 0 saturated heterocycles. The minimum atomic E-state index is -0.589. The summed E-state index contributed by atoms with van der Waals surface area (Å²) in [5.74, 6) is 0.476. The van der Waals surface area contributed by atoms with E-state index in [2.05, 4.69) is 47.2 Å². The Kier molecular flexibility index (Phi) is 2.98. The topological polar surface area (TPSA) is 49.8 Å². The lowest BCUT2D eigenvalue weighted by atomic mass is 9.88. The molecule has 0 bridgehead atoms. The number of allylic oxidation sites excluding steroid dienone is 4. The average molecular weight is 281 g/mol. The van der Waals surface area contributed by atoms with Crippen LogP contribution < -0.4 is 5.73 Å². The standard InChI is InChI=1S/C13H17BrN2/c1-12(14)5-2-10(3-6-12)11-4-7-13(16,8-11)9-15/h2-3,5,11H,4,6-8,16H2,1H3/t11-,12?,13?/m1/s1. The van der Waals surface area contributed by atoms with Crippen molar-refractivity contribution in [3.8, 4) is 6.07 Å². The largest absolute Gasteiger partial charge is 0.313 e. The van der Waals surface area contributed by atoms with Gasteiger partial charge < -0.3 is 5.73 Å². The van der Waals surface area contributed by atoms with Gasteiger partial charge in [0, 0.05) is 4.32 Å². The van der Waals surface area contributed by atoms with Crippen LogP contribution in [0.5, 0.6) is 0 Å². The smallest absolute Gasteiger partial charge is 0.104 e. The third-order valence-electron chi connectivity index (χ3n) is 3.60. The summed E-state index contributed by atoms with van der Waals surface area (Å²) in [5.41, 5.74) is 6.76. The van der Waals surface area contributed by atoms with Gasteiger partial charge in [0.1, 0.15) is 5.54 Å². The summed E-state index contributed by atoms with van der Waals surface area (Å²) in [6.07, 6.45) is 10.3. The minimum Gasteiger partial charge on any atom is -0.313 e. The fourth-order valence-corrected chi connectivity index (χ4v) is 2.78. The van der Waals surface area contributed by atoms with Gasteiger partial charge in [-0.15, -0.1) is 0 Å². The number of hydrogen-bond donors (Lipinski definition) is 1. The first-order chi connectivity index (χ1) is 7.44. The molecule has 0 aromatic heterocycles. The van der Waals surface area contributed by atoms with Crippen LogP contribution in [-0.4, -0.2) is 9.86 Å². The highest BCUT2D eigenvalue weighted by Gasteiger charge is 2.37. The van der Waals surface area contributed by atoms with E-state index in [1.54, 1.807) is 0 Å². The first kappa shape index (κ1) is 11.9. The number of nitrogens with two attached hydrogens (primary N) is 1. The van der Waals surface area contributed by atoms with Crippen molar-refractivity contribution in [2.45, 2.75) is 42.5 Å². The molecule has 16 heavy (non-hydrogen) atoms. The van der Waals surface area contributed by atoms with Crippen LogP contribution in [0.25, 0.3) is 0 Å². The van der Waals surface area contributed by atoms with Gasteiger partial charge in [-0.2, -0.15) is 5.26 Å². The average Bonchev–Trinajstić information content (AvgIpc) is 2.62. The quantitative estimate of drug-likeness (QED) is 0.751. The predicted molar refractivity (Wildman–Crippen MR) is 69.0 cm³/mol. The van der Waals surface area contributed by atoms with Crippen molar-refractivity contribution in [3.05, 3.63) is 23.8 Å². The molecule has 86 valence electrons. The van der Waals surface area contributed by atoms with Gasteiger partial charge in [-0.25, -0.2) is 0 Å². The van der Waals surface area contributed by atoms with E-state index >= 15 is 0 Å². The first-order valence-electron chi connectivity index (χ1n) is 5.72. The van der Waals surface area contributed by atoms with Crippen LogP contribution in [0.2, 0.25) is 0 Å². The first-order valence-corrected chi connectivity index (χ1v) is 6.52. The van der Waals surface area contributed by atoms with E-state index in [1.807, 2.05) is 0 Å². The molecule has 0 aromatic carbocycles. The Labute approximate surface area is 105 Å². The summed E-state index contributed by atoms with van der Waals surface area (Å²) in [6.45, 7) is 2.16. The lowest BCUT2D eigenvalue weighted by molar-refractivity contribution is 0.538. The third-order valence-corrected chi connectivity index (χ3v) is 4.19. The Hall–Kier alpha value is -0.590. The molecule has 3 heteroatoms. The van der Waals surface area contributed by atoms with Gasteiger partial charge in [0.25, 0.3) is 0 Å². The zero-order chi connectivity index (χ0) is 11.8. The van der Waals surface area contributed by atoms with Crippen molar-refractivity contribution >= 4 is 15.9 Å². The molecule has 0 amide bonds. The molecular formula is C13H17BrN2. The molecule has 2 unspecified atom stereocenters. The molecule has 2 rings (SSSR count).